The Labute approximate surface area is 83.2 Å². The molecule has 82 valence electrons. The number of hydrogen-bond acceptors (Lipinski definition) is 0. The van der Waals surface area contributed by atoms with Crippen LogP contribution in [0.1, 0.15) is 33.6 Å². The highest BCUT2D eigenvalue weighted by Crippen LogP contribution is 2.55. The van der Waals surface area contributed by atoms with E-state index < -0.39 is 17.5 Å². The Hall–Kier alpha value is -0.470. The van der Waals surface area contributed by atoms with Crippen LogP contribution in [0.15, 0.2) is 12.2 Å². The molecule has 1 aliphatic rings. The van der Waals surface area contributed by atoms with Crippen molar-refractivity contribution >= 4 is 0 Å². The van der Waals surface area contributed by atoms with Crippen LogP contribution in [-0.2, 0) is 0 Å². The van der Waals surface area contributed by atoms with E-state index in [0.717, 1.165) is 0 Å². The summed E-state index contributed by atoms with van der Waals surface area (Å²) < 4.78 is 39.2. The molecule has 0 aliphatic heterocycles. The van der Waals surface area contributed by atoms with Crippen molar-refractivity contribution in [2.45, 2.75) is 39.8 Å². The minimum absolute atomic E-state index is 0.170. The van der Waals surface area contributed by atoms with E-state index >= 15 is 0 Å². The molecule has 1 rings (SSSR count). The monoisotopic (exact) mass is 206 g/mol. The maximum absolute atomic E-state index is 13.1. The second-order valence-electron chi connectivity index (χ2n) is 4.25. The van der Waals surface area contributed by atoms with E-state index in [1.165, 1.54) is 0 Å². The van der Waals surface area contributed by atoms with Crippen molar-refractivity contribution in [1.29, 1.82) is 0 Å². The maximum atomic E-state index is 13.1. The van der Waals surface area contributed by atoms with Gasteiger partial charge in [0.25, 0.3) is 0 Å². The fraction of sp³-hybridized carbons (Fsp3) is 0.818. The summed E-state index contributed by atoms with van der Waals surface area (Å²) in [7, 11) is 0. The third-order valence-corrected chi connectivity index (χ3v) is 3.72. The Morgan fingerprint density at radius 2 is 1.93 bits per heavy atom. The van der Waals surface area contributed by atoms with Gasteiger partial charge in [-0.2, -0.15) is 13.2 Å². The van der Waals surface area contributed by atoms with Crippen LogP contribution >= 0.6 is 0 Å². The van der Waals surface area contributed by atoms with Crippen LogP contribution in [0.2, 0.25) is 0 Å². The van der Waals surface area contributed by atoms with Crippen LogP contribution in [0, 0.1) is 17.3 Å². The van der Waals surface area contributed by atoms with Gasteiger partial charge in [-0.3, -0.25) is 0 Å². The first-order chi connectivity index (χ1) is 6.36. The average molecular weight is 206 g/mol. The van der Waals surface area contributed by atoms with E-state index in [-0.39, 0.29) is 12.3 Å². The van der Waals surface area contributed by atoms with Gasteiger partial charge >= 0.3 is 6.18 Å². The Morgan fingerprint density at radius 3 is 2.21 bits per heavy atom. The second kappa shape index (κ2) is 3.59. The van der Waals surface area contributed by atoms with E-state index in [1.807, 2.05) is 6.08 Å². The van der Waals surface area contributed by atoms with Gasteiger partial charge in [0.15, 0.2) is 0 Å². The Morgan fingerprint density at radius 1 is 1.36 bits per heavy atom. The molecule has 0 amide bonds. The van der Waals surface area contributed by atoms with Gasteiger partial charge in [-0.05, 0) is 24.7 Å². The highest BCUT2D eigenvalue weighted by molar-refractivity contribution is 5.08. The molecule has 3 heteroatoms. The standard InChI is InChI=1S/C11H17F3/c1-4-10(11(12,13)14)8(2)6-5-7-9(10)3/h5-6,8-9H,4,7H2,1-3H3. The molecule has 0 saturated carbocycles. The second-order valence-corrected chi connectivity index (χ2v) is 4.25. The van der Waals surface area contributed by atoms with Gasteiger partial charge in [-0.1, -0.05) is 32.9 Å². The summed E-state index contributed by atoms with van der Waals surface area (Å²) in [5, 5.41) is 0. The predicted molar refractivity (Wildman–Crippen MR) is 50.9 cm³/mol. The van der Waals surface area contributed by atoms with Gasteiger partial charge in [0.1, 0.15) is 0 Å². The van der Waals surface area contributed by atoms with Crippen LogP contribution in [0.4, 0.5) is 13.2 Å². The molecule has 0 N–H and O–H groups in total. The molecule has 14 heavy (non-hydrogen) atoms. The highest BCUT2D eigenvalue weighted by Gasteiger charge is 2.59. The van der Waals surface area contributed by atoms with Crippen LogP contribution in [0.25, 0.3) is 0 Å². The molecule has 0 spiro atoms. The zero-order valence-electron chi connectivity index (χ0n) is 8.86. The number of rotatable bonds is 1. The maximum Gasteiger partial charge on any atom is 0.395 e. The average Bonchev–Trinajstić information content (AvgIpc) is 2.02. The van der Waals surface area contributed by atoms with Gasteiger partial charge in [-0.15, -0.1) is 0 Å². The molecule has 3 atom stereocenters. The largest absolute Gasteiger partial charge is 0.395 e. The van der Waals surface area contributed by atoms with Crippen LogP contribution in [-0.4, -0.2) is 6.18 Å². The molecular weight excluding hydrogens is 189 g/mol. The van der Waals surface area contributed by atoms with Crippen LogP contribution in [0.5, 0.6) is 0 Å². The van der Waals surface area contributed by atoms with E-state index in [9.17, 15) is 13.2 Å². The zero-order valence-corrected chi connectivity index (χ0v) is 8.86. The lowest BCUT2D eigenvalue weighted by atomic mass is 9.62. The van der Waals surface area contributed by atoms with Gasteiger partial charge in [0.05, 0.1) is 5.41 Å². The van der Waals surface area contributed by atoms with Crippen molar-refractivity contribution in [1.82, 2.24) is 0 Å². The normalized spacial score (nSPS) is 38.7. The van der Waals surface area contributed by atoms with Crippen LogP contribution < -0.4 is 0 Å². The lowest BCUT2D eigenvalue weighted by Gasteiger charge is -2.45. The van der Waals surface area contributed by atoms with Crippen molar-refractivity contribution in [3.8, 4) is 0 Å². The number of allylic oxidation sites excluding steroid dienone is 2. The molecule has 0 aromatic heterocycles. The Kier molecular flexibility index (Phi) is 2.98. The third-order valence-electron chi connectivity index (χ3n) is 3.72. The summed E-state index contributed by atoms with van der Waals surface area (Å²) in [6.07, 6.45) is 0.193. The quantitative estimate of drug-likeness (QED) is 0.565. The first kappa shape index (κ1) is 11.6. The third kappa shape index (κ3) is 1.47. The molecule has 0 fully saturated rings. The topological polar surface area (TPSA) is 0 Å². The van der Waals surface area contributed by atoms with Crippen molar-refractivity contribution in [3.63, 3.8) is 0 Å². The zero-order chi connectivity index (χ0) is 11.0. The summed E-state index contributed by atoms with van der Waals surface area (Å²) in [5.41, 5.74) is -1.51. The van der Waals surface area contributed by atoms with Crippen molar-refractivity contribution in [2.24, 2.45) is 17.3 Å². The van der Waals surface area contributed by atoms with Crippen LogP contribution in [0.3, 0.4) is 0 Å². The number of hydrogen-bond donors (Lipinski definition) is 0. The van der Waals surface area contributed by atoms with Crippen molar-refractivity contribution in [3.05, 3.63) is 12.2 Å². The van der Waals surface area contributed by atoms with E-state index in [4.69, 9.17) is 0 Å². The van der Waals surface area contributed by atoms with Crippen molar-refractivity contribution in [2.75, 3.05) is 0 Å². The molecule has 0 nitrogen and oxygen atoms in total. The summed E-state index contributed by atoms with van der Waals surface area (Å²) >= 11 is 0. The number of alkyl halides is 3. The first-order valence-corrected chi connectivity index (χ1v) is 5.09. The molecule has 3 unspecified atom stereocenters. The molecule has 1 aliphatic carbocycles. The molecule has 0 aromatic rings. The lowest BCUT2D eigenvalue weighted by Crippen LogP contribution is -2.48. The van der Waals surface area contributed by atoms with Gasteiger partial charge in [0.2, 0.25) is 0 Å². The fourth-order valence-electron chi connectivity index (χ4n) is 2.73. The number of halogens is 3. The summed E-state index contributed by atoms with van der Waals surface area (Å²) in [6.45, 7) is 5.01. The SMILES string of the molecule is CCC1(C(F)(F)F)C(C)C=CCC1C. The summed E-state index contributed by atoms with van der Waals surface area (Å²) in [5.74, 6) is -0.719. The predicted octanol–water partition coefficient (Wildman–Crippen LogP) is 4.18. The molecular formula is C11H17F3. The van der Waals surface area contributed by atoms with Crippen molar-refractivity contribution < 1.29 is 13.2 Å². The molecule has 0 radical (unpaired) electrons. The Bertz CT molecular complexity index is 229. The van der Waals surface area contributed by atoms with Gasteiger partial charge in [-0.25, -0.2) is 0 Å². The van der Waals surface area contributed by atoms with Gasteiger partial charge < -0.3 is 0 Å². The lowest BCUT2D eigenvalue weighted by molar-refractivity contribution is -0.257. The smallest absolute Gasteiger partial charge is 0.170 e. The van der Waals surface area contributed by atoms with E-state index in [2.05, 4.69) is 0 Å². The Balaban J connectivity index is 3.13. The molecule has 0 bridgehead atoms. The molecule has 0 saturated heterocycles. The van der Waals surface area contributed by atoms with E-state index in [0.29, 0.717) is 6.42 Å². The highest BCUT2D eigenvalue weighted by atomic mass is 19.4. The summed E-state index contributed by atoms with van der Waals surface area (Å²) in [6, 6.07) is 0. The van der Waals surface area contributed by atoms with Gasteiger partial charge in [0, 0.05) is 0 Å². The molecule has 0 heterocycles. The fourth-order valence-corrected chi connectivity index (χ4v) is 2.73. The minimum atomic E-state index is -4.09. The summed E-state index contributed by atoms with van der Waals surface area (Å²) in [4.78, 5) is 0. The first-order valence-electron chi connectivity index (χ1n) is 5.09. The van der Waals surface area contributed by atoms with E-state index in [1.54, 1.807) is 26.8 Å². The minimum Gasteiger partial charge on any atom is -0.170 e. The molecule has 0 aromatic carbocycles.